The summed E-state index contributed by atoms with van der Waals surface area (Å²) in [6.07, 6.45) is 5.63. The van der Waals surface area contributed by atoms with E-state index in [9.17, 15) is 9.59 Å². The average Bonchev–Trinajstić information content (AvgIpc) is 3.23. The fraction of sp³-hybridized carbons (Fsp3) is 0.542. The van der Waals surface area contributed by atoms with E-state index < -0.39 is 23.3 Å². The standard InChI is InChI=1S/C24H31BrN2O4/c1-24(2,3)21(23(29)31-5)27-22(28)18-13-15-19(30-4)11-10-16(25)20(15)17(26-18)12-14-8-6-7-9-14/h10-11,13-14,21H,6-9,12H2,1-5H3,(H,27,28)/t21-/m1/s1. The second kappa shape index (κ2) is 9.55. The number of carbonyl (C=O) groups excluding carboxylic acids is 2. The van der Waals surface area contributed by atoms with Crippen molar-refractivity contribution in [2.75, 3.05) is 14.2 Å². The van der Waals surface area contributed by atoms with E-state index in [1.54, 1.807) is 13.2 Å². The van der Waals surface area contributed by atoms with Crippen LogP contribution in [-0.2, 0) is 16.0 Å². The second-order valence-corrected chi connectivity index (χ2v) is 10.1. The van der Waals surface area contributed by atoms with Crippen molar-refractivity contribution in [1.82, 2.24) is 10.3 Å². The Morgan fingerprint density at radius 3 is 2.48 bits per heavy atom. The first-order valence-corrected chi connectivity index (χ1v) is 11.5. The van der Waals surface area contributed by atoms with Crippen LogP contribution in [0, 0.1) is 11.3 Å². The molecule has 1 aliphatic rings. The number of ether oxygens (including phenoxy) is 2. The number of pyridine rings is 1. The lowest BCUT2D eigenvalue weighted by Gasteiger charge is -2.29. The first kappa shape index (κ1) is 23.5. The summed E-state index contributed by atoms with van der Waals surface area (Å²) in [5.74, 6) is 0.363. The molecule has 1 fully saturated rings. The molecule has 0 bridgehead atoms. The highest BCUT2D eigenvalue weighted by Crippen LogP contribution is 2.37. The van der Waals surface area contributed by atoms with Crippen molar-refractivity contribution in [3.63, 3.8) is 0 Å². The molecule has 1 heterocycles. The summed E-state index contributed by atoms with van der Waals surface area (Å²) in [7, 11) is 2.94. The minimum atomic E-state index is -0.787. The van der Waals surface area contributed by atoms with Crippen LogP contribution in [-0.4, -0.2) is 37.1 Å². The Kier molecular flexibility index (Phi) is 7.24. The van der Waals surface area contributed by atoms with E-state index in [0.717, 1.165) is 27.4 Å². The van der Waals surface area contributed by atoms with E-state index in [1.807, 2.05) is 32.9 Å². The van der Waals surface area contributed by atoms with Gasteiger partial charge in [-0.15, -0.1) is 0 Å². The smallest absolute Gasteiger partial charge is 0.328 e. The molecule has 0 radical (unpaired) electrons. The van der Waals surface area contributed by atoms with Crippen molar-refractivity contribution >= 4 is 38.6 Å². The van der Waals surface area contributed by atoms with Crippen LogP contribution in [0.5, 0.6) is 5.75 Å². The summed E-state index contributed by atoms with van der Waals surface area (Å²) in [6.45, 7) is 5.65. The minimum absolute atomic E-state index is 0.273. The van der Waals surface area contributed by atoms with Crippen LogP contribution >= 0.6 is 15.9 Å². The first-order valence-electron chi connectivity index (χ1n) is 10.7. The van der Waals surface area contributed by atoms with Crippen molar-refractivity contribution in [3.05, 3.63) is 34.1 Å². The van der Waals surface area contributed by atoms with Crippen LogP contribution in [0.2, 0.25) is 0 Å². The number of carbonyl (C=O) groups is 2. The number of hydrogen-bond acceptors (Lipinski definition) is 5. The molecular weight excluding hydrogens is 460 g/mol. The number of benzene rings is 1. The zero-order valence-corrected chi connectivity index (χ0v) is 20.5. The fourth-order valence-electron chi connectivity index (χ4n) is 4.26. The van der Waals surface area contributed by atoms with E-state index in [1.165, 1.54) is 32.8 Å². The van der Waals surface area contributed by atoms with Crippen LogP contribution in [0.15, 0.2) is 22.7 Å². The van der Waals surface area contributed by atoms with E-state index in [0.29, 0.717) is 11.7 Å². The Labute approximate surface area is 192 Å². The number of methoxy groups -OCH3 is 2. The number of halogens is 1. The van der Waals surface area contributed by atoms with Crippen LogP contribution < -0.4 is 10.1 Å². The Morgan fingerprint density at radius 2 is 1.90 bits per heavy atom. The van der Waals surface area contributed by atoms with Gasteiger partial charge in [0, 0.05) is 15.2 Å². The van der Waals surface area contributed by atoms with Gasteiger partial charge in [0.15, 0.2) is 0 Å². The van der Waals surface area contributed by atoms with Gasteiger partial charge in [-0.05, 0) is 36.0 Å². The van der Waals surface area contributed by atoms with Crippen LogP contribution in [0.3, 0.4) is 0 Å². The summed E-state index contributed by atoms with van der Waals surface area (Å²) in [5.41, 5.74) is 0.647. The van der Waals surface area contributed by atoms with Crippen molar-refractivity contribution < 1.29 is 19.1 Å². The number of nitrogens with one attached hydrogen (secondary N) is 1. The lowest BCUT2D eigenvalue weighted by Crippen LogP contribution is -2.49. The van der Waals surface area contributed by atoms with Crippen molar-refractivity contribution in [2.45, 2.75) is 58.9 Å². The zero-order valence-electron chi connectivity index (χ0n) is 18.9. The summed E-state index contributed by atoms with van der Waals surface area (Å²) in [5, 5.41) is 4.64. The zero-order chi connectivity index (χ0) is 22.8. The minimum Gasteiger partial charge on any atom is -0.496 e. The molecule has 0 spiro atoms. The molecule has 7 heteroatoms. The molecule has 168 valence electrons. The number of hydrogen-bond donors (Lipinski definition) is 1. The molecule has 6 nitrogen and oxygen atoms in total. The van der Waals surface area contributed by atoms with Gasteiger partial charge < -0.3 is 14.8 Å². The van der Waals surface area contributed by atoms with E-state index >= 15 is 0 Å². The van der Waals surface area contributed by atoms with Gasteiger partial charge in [0.05, 0.1) is 19.9 Å². The Bertz CT molecular complexity index is 978. The predicted octanol–water partition coefficient (Wildman–Crippen LogP) is 5.06. The lowest BCUT2D eigenvalue weighted by atomic mass is 9.86. The van der Waals surface area contributed by atoms with Gasteiger partial charge in [-0.1, -0.05) is 62.4 Å². The first-order chi connectivity index (χ1) is 14.7. The monoisotopic (exact) mass is 490 g/mol. The van der Waals surface area contributed by atoms with Gasteiger partial charge in [-0.25, -0.2) is 9.78 Å². The van der Waals surface area contributed by atoms with Crippen molar-refractivity contribution in [1.29, 1.82) is 0 Å². The SMILES string of the molecule is COC(=O)[C@@H](NC(=O)c1cc2c(OC)ccc(Br)c2c(CC2CCCC2)n1)C(C)(C)C. The maximum atomic E-state index is 13.2. The molecule has 1 atom stereocenters. The third-order valence-electron chi connectivity index (χ3n) is 5.97. The van der Waals surface area contributed by atoms with Gasteiger partial charge in [0.2, 0.25) is 0 Å². The van der Waals surface area contributed by atoms with Gasteiger partial charge in [-0.3, -0.25) is 4.79 Å². The number of nitrogens with zero attached hydrogens (tertiary/aromatic N) is 1. The molecule has 0 aliphatic heterocycles. The molecule has 3 rings (SSSR count). The highest BCUT2D eigenvalue weighted by molar-refractivity contribution is 9.10. The quantitative estimate of drug-likeness (QED) is 0.572. The van der Waals surface area contributed by atoms with Crippen LogP contribution in [0.4, 0.5) is 0 Å². The molecule has 31 heavy (non-hydrogen) atoms. The predicted molar refractivity (Wildman–Crippen MR) is 124 cm³/mol. The topological polar surface area (TPSA) is 77.5 Å². The number of aromatic nitrogens is 1. The summed E-state index contributed by atoms with van der Waals surface area (Å²) in [4.78, 5) is 30.3. The molecule has 1 saturated carbocycles. The molecular formula is C24H31BrN2O4. The second-order valence-electron chi connectivity index (χ2n) is 9.28. The Hall–Kier alpha value is -2.15. The fourth-order valence-corrected chi connectivity index (χ4v) is 4.84. The normalized spacial score (nSPS) is 15.7. The third kappa shape index (κ3) is 5.20. The molecule has 1 aromatic heterocycles. The Balaban J connectivity index is 2.07. The molecule has 0 unspecified atom stereocenters. The molecule has 0 saturated heterocycles. The summed E-state index contributed by atoms with van der Waals surface area (Å²) in [6, 6.07) is 4.78. The number of rotatable bonds is 6. The third-order valence-corrected chi connectivity index (χ3v) is 6.63. The van der Waals surface area contributed by atoms with E-state index in [-0.39, 0.29) is 5.69 Å². The highest BCUT2D eigenvalue weighted by Gasteiger charge is 2.34. The van der Waals surface area contributed by atoms with Crippen LogP contribution in [0.25, 0.3) is 10.8 Å². The molecule has 2 aromatic rings. The Morgan fingerprint density at radius 1 is 1.23 bits per heavy atom. The summed E-state index contributed by atoms with van der Waals surface area (Å²) < 4.78 is 11.4. The highest BCUT2D eigenvalue weighted by atomic mass is 79.9. The molecule has 1 amide bonds. The van der Waals surface area contributed by atoms with Gasteiger partial charge >= 0.3 is 5.97 Å². The van der Waals surface area contributed by atoms with Crippen molar-refractivity contribution in [2.24, 2.45) is 11.3 Å². The summed E-state index contributed by atoms with van der Waals surface area (Å²) >= 11 is 3.66. The number of esters is 1. The molecule has 1 aliphatic carbocycles. The number of amides is 1. The van der Waals surface area contributed by atoms with E-state index in [4.69, 9.17) is 14.5 Å². The maximum absolute atomic E-state index is 13.2. The van der Waals surface area contributed by atoms with E-state index in [2.05, 4.69) is 21.2 Å². The van der Waals surface area contributed by atoms with Gasteiger partial charge in [-0.2, -0.15) is 0 Å². The van der Waals surface area contributed by atoms with Crippen LogP contribution in [0.1, 0.15) is 62.6 Å². The molecule has 1 N–H and O–H groups in total. The average molecular weight is 491 g/mol. The lowest BCUT2D eigenvalue weighted by molar-refractivity contribution is -0.145. The van der Waals surface area contributed by atoms with Gasteiger partial charge in [0.1, 0.15) is 17.5 Å². The largest absolute Gasteiger partial charge is 0.496 e. The molecule has 1 aromatic carbocycles. The number of fused-ring (bicyclic) bond motifs is 1. The van der Waals surface area contributed by atoms with Gasteiger partial charge in [0.25, 0.3) is 5.91 Å². The maximum Gasteiger partial charge on any atom is 0.328 e. The van der Waals surface area contributed by atoms with Crippen molar-refractivity contribution in [3.8, 4) is 5.75 Å².